The molecule has 6 nitrogen and oxygen atoms in total. The molecule has 0 unspecified atom stereocenters. The highest BCUT2D eigenvalue weighted by Crippen LogP contribution is 2.30. The molecule has 0 aliphatic rings. The Morgan fingerprint density at radius 3 is 2.09 bits per heavy atom. The third-order valence-electron chi connectivity index (χ3n) is 3.02. The summed E-state index contributed by atoms with van der Waals surface area (Å²) in [5.41, 5.74) is 1.38. The summed E-state index contributed by atoms with van der Waals surface area (Å²) in [7, 11) is 2.88. The van der Waals surface area contributed by atoms with Crippen molar-refractivity contribution in [3.8, 4) is 23.0 Å². The molecule has 2 aromatic carbocycles. The number of para-hydroxylation sites is 1. The number of aldehydes is 2. The second-order valence-corrected chi connectivity index (χ2v) is 4.52. The summed E-state index contributed by atoms with van der Waals surface area (Å²) in [6.07, 6.45) is 1.30. The van der Waals surface area contributed by atoms with Crippen LogP contribution in [0.15, 0.2) is 30.3 Å². The average Bonchev–Trinajstić information content (AvgIpc) is 2.58. The number of benzene rings is 2. The van der Waals surface area contributed by atoms with Crippen LogP contribution in [0, 0.1) is 6.92 Å². The van der Waals surface area contributed by atoms with Crippen LogP contribution < -0.4 is 9.47 Å². The van der Waals surface area contributed by atoms with E-state index in [2.05, 4.69) is 0 Å². The molecule has 2 rings (SSSR count). The number of aryl methyl sites for hydroxylation is 1. The van der Waals surface area contributed by atoms with Crippen LogP contribution in [-0.2, 0) is 0 Å². The van der Waals surface area contributed by atoms with Crippen molar-refractivity contribution in [3.05, 3.63) is 47.0 Å². The highest BCUT2D eigenvalue weighted by atomic mass is 16.5. The molecule has 0 amide bonds. The molecule has 0 fully saturated rings. The van der Waals surface area contributed by atoms with Crippen molar-refractivity contribution in [2.45, 2.75) is 6.92 Å². The fourth-order valence-electron chi connectivity index (χ4n) is 1.80. The lowest BCUT2D eigenvalue weighted by atomic mass is 10.1. The quantitative estimate of drug-likeness (QED) is 0.842. The molecule has 2 N–H and O–H groups in total. The summed E-state index contributed by atoms with van der Waals surface area (Å²) >= 11 is 0. The Balaban J connectivity index is 0.000000231. The Morgan fingerprint density at radius 1 is 0.913 bits per heavy atom. The first kappa shape index (κ1) is 18.0. The van der Waals surface area contributed by atoms with Gasteiger partial charge in [-0.2, -0.15) is 0 Å². The fraction of sp³-hybridized carbons (Fsp3) is 0.176. The van der Waals surface area contributed by atoms with Gasteiger partial charge in [0.1, 0.15) is 6.29 Å². The Labute approximate surface area is 133 Å². The largest absolute Gasteiger partial charge is 0.504 e. The van der Waals surface area contributed by atoms with Crippen LogP contribution in [0.2, 0.25) is 0 Å². The van der Waals surface area contributed by atoms with E-state index in [9.17, 15) is 19.8 Å². The number of hydrogen-bond acceptors (Lipinski definition) is 6. The molecule has 2 aromatic rings. The standard InChI is InChI=1S/C9H10O3.C8H8O3/c1-6-3-7(5-10)4-8(12-2)9(6)11;1-11-7-4-2-3-6(5-9)8(7)10/h3-5,11H,1-2H3;2-5,10H,1H3. The van der Waals surface area contributed by atoms with Crippen LogP contribution in [-0.4, -0.2) is 37.0 Å². The average molecular weight is 318 g/mol. The number of ether oxygens (including phenoxy) is 2. The number of phenolic OH excluding ortho intramolecular Hbond substituents is 2. The second kappa shape index (κ2) is 8.43. The van der Waals surface area contributed by atoms with Gasteiger partial charge in [0.05, 0.1) is 19.8 Å². The third kappa shape index (κ3) is 4.47. The topological polar surface area (TPSA) is 93.1 Å². The van der Waals surface area contributed by atoms with E-state index in [1.807, 2.05) is 0 Å². The van der Waals surface area contributed by atoms with Gasteiger partial charge in [-0.05, 0) is 36.8 Å². The molecule has 0 aromatic heterocycles. The van der Waals surface area contributed by atoms with E-state index in [0.29, 0.717) is 28.9 Å². The van der Waals surface area contributed by atoms with Crippen molar-refractivity contribution < 1.29 is 29.3 Å². The first-order chi connectivity index (χ1) is 11.0. The molecule has 0 radical (unpaired) electrons. The normalized spacial score (nSPS) is 9.35. The van der Waals surface area contributed by atoms with E-state index in [4.69, 9.17) is 9.47 Å². The zero-order chi connectivity index (χ0) is 17.4. The molecule has 0 aliphatic heterocycles. The lowest BCUT2D eigenvalue weighted by Crippen LogP contribution is -1.89. The van der Waals surface area contributed by atoms with Gasteiger partial charge in [0.25, 0.3) is 0 Å². The minimum Gasteiger partial charge on any atom is -0.504 e. The van der Waals surface area contributed by atoms with Gasteiger partial charge in [-0.3, -0.25) is 9.59 Å². The van der Waals surface area contributed by atoms with E-state index < -0.39 is 0 Å². The van der Waals surface area contributed by atoms with Crippen molar-refractivity contribution in [2.75, 3.05) is 14.2 Å². The minimum absolute atomic E-state index is 0.0862. The number of hydrogen-bond donors (Lipinski definition) is 2. The van der Waals surface area contributed by atoms with E-state index >= 15 is 0 Å². The molecule has 23 heavy (non-hydrogen) atoms. The van der Waals surface area contributed by atoms with Crippen LogP contribution in [0.5, 0.6) is 23.0 Å². The van der Waals surface area contributed by atoms with Gasteiger partial charge in [-0.1, -0.05) is 6.07 Å². The Bertz CT molecular complexity index is 694. The zero-order valence-electron chi connectivity index (χ0n) is 13.1. The van der Waals surface area contributed by atoms with Crippen LogP contribution in [0.25, 0.3) is 0 Å². The predicted octanol–water partition coefficient (Wildman–Crippen LogP) is 2.74. The second-order valence-electron chi connectivity index (χ2n) is 4.52. The molecule has 0 bridgehead atoms. The van der Waals surface area contributed by atoms with Gasteiger partial charge < -0.3 is 19.7 Å². The smallest absolute Gasteiger partial charge is 0.168 e. The van der Waals surface area contributed by atoms with Crippen LogP contribution in [0.3, 0.4) is 0 Å². The molecule has 122 valence electrons. The number of carbonyl (C=O) groups is 2. The molecule has 6 heteroatoms. The molecule has 0 heterocycles. The highest BCUT2D eigenvalue weighted by Gasteiger charge is 2.06. The SMILES string of the molecule is COc1cc(C=O)cc(C)c1O.COc1cccc(C=O)c1O. The van der Waals surface area contributed by atoms with Gasteiger partial charge in [0, 0.05) is 5.56 Å². The van der Waals surface area contributed by atoms with Crippen LogP contribution in [0.1, 0.15) is 26.3 Å². The molecule has 0 spiro atoms. The van der Waals surface area contributed by atoms with Crippen LogP contribution >= 0.6 is 0 Å². The molecular weight excluding hydrogens is 300 g/mol. The van der Waals surface area contributed by atoms with E-state index in [0.717, 1.165) is 6.29 Å². The highest BCUT2D eigenvalue weighted by molar-refractivity contribution is 5.80. The van der Waals surface area contributed by atoms with Gasteiger partial charge in [0.2, 0.25) is 0 Å². The van der Waals surface area contributed by atoms with E-state index in [1.165, 1.54) is 26.4 Å². The summed E-state index contributed by atoms with van der Waals surface area (Å²) in [5.74, 6) is 0.625. The van der Waals surface area contributed by atoms with E-state index in [1.54, 1.807) is 25.1 Å². The zero-order valence-corrected chi connectivity index (χ0v) is 13.1. The molecule has 0 saturated carbocycles. The van der Waals surface area contributed by atoms with Gasteiger partial charge in [-0.25, -0.2) is 0 Å². The molecule has 0 aliphatic carbocycles. The monoisotopic (exact) mass is 318 g/mol. The van der Waals surface area contributed by atoms with Gasteiger partial charge >= 0.3 is 0 Å². The Morgan fingerprint density at radius 2 is 1.57 bits per heavy atom. The molecular formula is C17H18O6. The summed E-state index contributed by atoms with van der Waals surface area (Å²) in [6, 6.07) is 7.84. The number of carbonyl (C=O) groups excluding carboxylic acids is 2. The minimum atomic E-state index is -0.106. The lowest BCUT2D eigenvalue weighted by Gasteiger charge is -2.05. The Kier molecular flexibility index (Phi) is 6.61. The van der Waals surface area contributed by atoms with Crippen molar-refractivity contribution in [1.82, 2.24) is 0 Å². The summed E-state index contributed by atoms with van der Waals surface area (Å²) in [5, 5.41) is 18.6. The maximum Gasteiger partial charge on any atom is 0.168 e. The van der Waals surface area contributed by atoms with Crippen molar-refractivity contribution >= 4 is 12.6 Å². The first-order valence-electron chi connectivity index (χ1n) is 6.62. The number of phenols is 2. The van der Waals surface area contributed by atoms with Crippen molar-refractivity contribution in [1.29, 1.82) is 0 Å². The maximum absolute atomic E-state index is 10.4. The number of aromatic hydroxyl groups is 2. The molecule has 0 atom stereocenters. The van der Waals surface area contributed by atoms with Crippen LogP contribution in [0.4, 0.5) is 0 Å². The lowest BCUT2D eigenvalue weighted by molar-refractivity contribution is 0.111. The summed E-state index contributed by atoms with van der Waals surface area (Å²) in [6.45, 7) is 1.71. The Hall–Kier alpha value is -3.02. The molecule has 0 saturated heterocycles. The van der Waals surface area contributed by atoms with E-state index in [-0.39, 0.29) is 17.1 Å². The summed E-state index contributed by atoms with van der Waals surface area (Å²) < 4.78 is 9.64. The van der Waals surface area contributed by atoms with Gasteiger partial charge in [-0.15, -0.1) is 0 Å². The van der Waals surface area contributed by atoms with Crippen molar-refractivity contribution in [2.24, 2.45) is 0 Å². The van der Waals surface area contributed by atoms with Crippen molar-refractivity contribution in [3.63, 3.8) is 0 Å². The number of rotatable bonds is 4. The summed E-state index contributed by atoms with van der Waals surface area (Å²) in [4.78, 5) is 20.7. The third-order valence-corrected chi connectivity index (χ3v) is 3.02. The first-order valence-corrected chi connectivity index (χ1v) is 6.62. The van der Waals surface area contributed by atoms with Gasteiger partial charge in [0.15, 0.2) is 29.3 Å². The number of methoxy groups -OCH3 is 2. The predicted molar refractivity (Wildman–Crippen MR) is 84.8 cm³/mol. The maximum atomic E-state index is 10.4. The fourth-order valence-corrected chi connectivity index (χ4v) is 1.80.